The lowest BCUT2D eigenvalue weighted by molar-refractivity contribution is 0.0906. The summed E-state index contributed by atoms with van der Waals surface area (Å²) in [6.07, 6.45) is 1.13. The third-order valence-electron chi connectivity index (χ3n) is 4.94. The number of benzene rings is 1. The molecule has 7 nitrogen and oxygen atoms in total. The van der Waals surface area contributed by atoms with Gasteiger partial charge in [-0.15, -0.1) is 34.2 Å². The van der Waals surface area contributed by atoms with E-state index < -0.39 is 0 Å². The van der Waals surface area contributed by atoms with E-state index in [1.807, 2.05) is 36.7 Å². The minimum Gasteiger partial charge on any atom is -0.376 e. The Morgan fingerprint density at radius 2 is 2.07 bits per heavy atom. The molecule has 0 saturated carbocycles. The van der Waals surface area contributed by atoms with Gasteiger partial charge >= 0.3 is 0 Å². The maximum atomic E-state index is 5.93. The molecule has 1 aromatic carbocycles. The molecule has 2 aromatic rings. The summed E-state index contributed by atoms with van der Waals surface area (Å²) in [7, 11) is 1.98. The van der Waals surface area contributed by atoms with Crippen LogP contribution in [0.3, 0.4) is 0 Å². The number of aliphatic imine (C=N–C) groups is 1. The Morgan fingerprint density at radius 3 is 2.75 bits per heavy atom. The van der Waals surface area contributed by atoms with E-state index in [1.165, 1.54) is 5.56 Å². The van der Waals surface area contributed by atoms with Gasteiger partial charge in [-0.1, -0.05) is 30.3 Å². The van der Waals surface area contributed by atoms with Crippen molar-refractivity contribution >= 4 is 29.9 Å². The summed E-state index contributed by atoms with van der Waals surface area (Å²) in [6, 6.07) is 10.3. The highest BCUT2D eigenvalue weighted by atomic mass is 127. The topological polar surface area (TPSA) is 67.6 Å². The first-order valence-electron chi connectivity index (χ1n) is 9.67. The van der Waals surface area contributed by atoms with E-state index in [1.54, 1.807) is 0 Å². The van der Waals surface area contributed by atoms with E-state index in [0.29, 0.717) is 19.1 Å². The number of hydrogen-bond donors (Lipinski definition) is 1. The largest absolute Gasteiger partial charge is 0.376 e. The molecule has 3 rings (SSSR count). The molecule has 1 unspecified atom stereocenters. The summed E-state index contributed by atoms with van der Waals surface area (Å²) in [5.41, 5.74) is 1.22. The van der Waals surface area contributed by atoms with Crippen molar-refractivity contribution in [2.45, 2.75) is 33.4 Å². The van der Waals surface area contributed by atoms with Crippen molar-refractivity contribution in [3.8, 4) is 0 Å². The molecule has 1 atom stereocenters. The third kappa shape index (κ3) is 6.16. The molecule has 8 heteroatoms. The summed E-state index contributed by atoms with van der Waals surface area (Å²) in [5, 5.41) is 11.7. The first-order valence-corrected chi connectivity index (χ1v) is 9.67. The summed E-state index contributed by atoms with van der Waals surface area (Å²) in [6.45, 7) is 8.87. The molecule has 154 valence electrons. The second-order valence-electron chi connectivity index (χ2n) is 6.99. The lowest BCUT2D eigenvalue weighted by Gasteiger charge is -2.21. The quantitative estimate of drug-likeness (QED) is 0.362. The van der Waals surface area contributed by atoms with Crippen LogP contribution in [0.2, 0.25) is 0 Å². The van der Waals surface area contributed by atoms with Crippen LogP contribution in [-0.4, -0.2) is 51.9 Å². The van der Waals surface area contributed by atoms with E-state index in [0.717, 1.165) is 50.3 Å². The highest BCUT2D eigenvalue weighted by Gasteiger charge is 2.25. The average molecular weight is 498 g/mol. The smallest absolute Gasteiger partial charge is 0.194 e. The van der Waals surface area contributed by atoms with Gasteiger partial charge in [0.1, 0.15) is 12.4 Å². The van der Waals surface area contributed by atoms with E-state index in [2.05, 4.69) is 39.5 Å². The summed E-state index contributed by atoms with van der Waals surface area (Å²) in [5.74, 6) is 3.27. The van der Waals surface area contributed by atoms with Crippen molar-refractivity contribution in [3.63, 3.8) is 0 Å². The third-order valence-corrected chi connectivity index (χ3v) is 4.94. The number of guanidine groups is 1. The molecule has 1 aromatic heterocycles. The number of hydrogen-bond acceptors (Lipinski definition) is 4. The Kier molecular flexibility index (Phi) is 9.17. The maximum Gasteiger partial charge on any atom is 0.194 e. The molecule has 1 N–H and O–H groups in total. The molecule has 0 aliphatic carbocycles. The molecule has 0 spiro atoms. The van der Waals surface area contributed by atoms with Crippen molar-refractivity contribution in [3.05, 3.63) is 47.5 Å². The fourth-order valence-corrected chi connectivity index (χ4v) is 3.24. The minimum absolute atomic E-state index is 0. The fourth-order valence-electron chi connectivity index (χ4n) is 3.24. The van der Waals surface area contributed by atoms with Crippen molar-refractivity contribution in [2.24, 2.45) is 18.0 Å². The van der Waals surface area contributed by atoms with E-state index in [4.69, 9.17) is 9.73 Å². The zero-order chi connectivity index (χ0) is 19.1. The fraction of sp³-hybridized carbons (Fsp3) is 0.550. The van der Waals surface area contributed by atoms with Gasteiger partial charge in [0.2, 0.25) is 0 Å². The second kappa shape index (κ2) is 11.4. The maximum absolute atomic E-state index is 5.93. The Balaban J connectivity index is 0.00000280. The number of ether oxygens (including phenoxy) is 1. The molecule has 1 aliphatic heterocycles. The summed E-state index contributed by atoms with van der Waals surface area (Å²) < 4.78 is 7.91. The molecule has 1 fully saturated rings. The summed E-state index contributed by atoms with van der Waals surface area (Å²) >= 11 is 0. The van der Waals surface area contributed by atoms with Crippen molar-refractivity contribution in [1.82, 2.24) is 25.0 Å². The Morgan fingerprint density at radius 1 is 1.29 bits per heavy atom. The lowest BCUT2D eigenvalue weighted by Crippen LogP contribution is -2.40. The van der Waals surface area contributed by atoms with Crippen LogP contribution in [0.1, 0.15) is 30.6 Å². The van der Waals surface area contributed by atoms with Gasteiger partial charge in [-0.2, -0.15) is 0 Å². The van der Waals surface area contributed by atoms with Gasteiger partial charge in [0.05, 0.1) is 13.2 Å². The number of nitrogens with zero attached hydrogens (tertiary/aromatic N) is 5. The first kappa shape index (κ1) is 22.6. The zero-order valence-corrected chi connectivity index (χ0v) is 19.3. The van der Waals surface area contributed by atoms with Gasteiger partial charge in [-0.25, -0.2) is 4.99 Å². The van der Waals surface area contributed by atoms with Crippen LogP contribution in [0.25, 0.3) is 0 Å². The van der Waals surface area contributed by atoms with Crippen LogP contribution in [0, 0.1) is 12.8 Å². The van der Waals surface area contributed by atoms with E-state index in [9.17, 15) is 0 Å². The second-order valence-corrected chi connectivity index (χ2v) is 6.99. The van der Waals surface area contributed by atoms with Gasteiger partial charge in [0.25, 0.3) is 0 Å². The monoisotopic (exact) mass is 498 g/mol. The number of aryl methyl sites for hydroxylation is 1. The van der Waals surface area contributed by atoms with Gasteiger partial charge < -0.3 is 19.5 Å². The predicted octanol–water partition coefficient (Wildman–Crippen LogP) is 2.75. The number of aromatic nitrogens is 3. The molecule has 28 heavy (non-hydrogen) atoms. The van der Waals surface area contributed by atoms with Crippen LogP contribution < -0.4 is 5.32 Å². The average Bonchev–Trinajstić information content (AvgIpc) is 3.28. The van der Waals surface area contributed by atoms with Gasteiger partial charge in [-0.05, 0) is 25.8 Å². The van der Waals surface area contributed by atoms with Gasteiger partial charge in [0.15, 0.2) is 11.8 Å². The first-order chi connectivity index (χ1) is 13.2. The number of halogens is 1. The molecule has 0 radical (unpaired) electrons. The van der Waals surface area contributed by atoms with Crippen LogP contribution >= 0.6 is 24.0 Å². The standard InChI is InChI=1S/C20H30N6O.HI/c1-4-21-20(22-12-19-24-23-16(2)25(19)3)26-11-10-18(13-26)15-27-14-17-8-6-5-7-9-17;/h5-9,18H,4,10-15H2,1-3H3,(H,21,22);1H. The van der Waals surface area contributed by atoms with Crippen LogP contribution in [0.15, 0.2) is 35.3 Å². The van der Waals surface area contributed by atoms with Crippen LogP contribution in [0.5, 0.6) is 0 Å². The van der Waals surface area contributed by atoms with E-state index >= 15 is 0 Å². The van der Waals surface area contributed by atoms with Gasteiger partial charge in [0, 0.05) is 32.6 Å². The molecule has 1 aliphatic rings. The van der Waals surface area contributed by atoms with Crippen LogP contribution in [-0.2, 0) is 24.9 Å². The molecule has 0 bridgehead atoms. The van der Waals surface area contributed by atoms with Crippen LogP contribution in [0.4, 0.5) is 0 Å². The molecule has 1 saturated heterocycles. The molecular weight excluding hydrogens is 467 g/mol. The Hall–Kier alpha value is -1.68. The molecule has 2 heterocycles. The van der Waals surface area contributed by atoms with E-state index in [-0.39, 0.29) is 24.0 Å². The van der Waals surface area contributed by atoms with Crippen molar-refractivity contribution < 1.29 is 4.74 Å². The Labute approximate surface area is 184 Å². The minimum atomic E-state index is 0. The van der Waals surface area contributed by atoms with Crippen molar-refractivity contribution in [1.29, 1.82) is 0 Å². The number of nitrogens with one attached hydrogen (secondary N) is 1. The van der Waals surface area contributed by atoms with Crippen molar-refractivity contribution in [2.75, 3.05) is 26.2 Å². The zero-order valence-electron chi connectivity index (χ0n) is 17.0. The lowest BCUT2D eigenvalue weighted by atomic mass is 10.1. The number of rotatable bonds is 7. The molecule has 0 amide bonds. The normalized spacial score (nSPS) is 16.9. The molecular formula is C20H31IN6O. The number of likely N-dealkylation sites (tertiary alicyclic amines) is 1. The summed E-state index contributed by atoms with van der Waals surface area (Å²) in [4.78, 5) is 7.09. The highest BCUT2D eigenvalue weighted by molar-refractivity contribution is 14.0. The highest BCUT2D eigenvalue weighted by Crippen LogP contribution is 2.17. The van der Waals surface area contributed by atoms with Gasteiger partial charge in [-0.3, -0.25) is 0 Å². The Bertz CT molecular complexity index is 748. The SMILES string of the molecule is CCNC(=NCc1nnc(C)n1C)N1CCC(COCc2ccccc2)C1.I. The predicted molar refractivity (Wildman–Crippen MR) is 122 cm³/mol.